The van der Waals surface area contributed by atoms with Crippen LogP contribution in [0.15, 0.2) is 27.6 Å². The summed E-state index contributed by atoms with van der Waals surface area (Å²) in [5, 5.41) is 3.38. The van der Waals surface area contributed by atoms with E-state index in [9.17, 15) is 0 Å². The van der Waals surface area contributed by atoms with Crippen molar-refractivity contribution in [1.82, 2.24) is 5.32 Å². The molecule has 1 aromatic carbocycles. The Balaban J connectivity index is 2.37. The van der Waals surface area contributed by atoms with Crippen molar-refractivity contribution in [2.24, 2.45) is 0 Å². The predicted octanol–water partition coefficient (Wildman–Crippen LogP) is 3.12. The third-order valence-electron chi connectivity index (χ3n) is 1.88. The Morgan fingerprint density at radius 3 is 2.80 bits per heavy atom. The minimum Gasteiger partial charge on any atom is -0.398 e. The standard InChI is InChI=1S/C11H17BrN2S/c1-8(2)14-5-6-15-11-4-3-9(12)7-10(11)13/h3-4,7-8,14H,5-6,13H2,1-2H3. The summed E-state index contributed by atoms with van der Waals surface area (Å²) in [5.41, 5.74) is 6.74. The smallest absolute Gasteiger partial charge is 0.0463 e. The van der Waals surface area contributed by atoms with Crippen molar-refractivity contribution in [2.75, 3.05) is 18.0 Å². The molecule has 0 aliphatic rings. The number of nitrogens with two attached hydrogens (primary N) is 1. The molecule has 0 bridgehead atoms. The van der Waals surface area contributed by atoms with Crippen molar-refractivity contribution in [3.8, 4) is 0 Å². The van der Waals surface area contributed by atoms with Crippen LogP contribution in [0.5, 0.6) is 0 Å². The van der Waals surface area contributed by atoms with Gasteiger partial charge in [0.25, 0.3) is 0 Å². The first-order valence-electron chi connectivity index (χ1n) is 5.01. The Kier molecular flexibility index (Phi) is 5.50. The van der Waals surface area contributed by atoms with Crippen molar-refractivity contribution < 1.29 is 0 Å². The van der Waals surface area contributed by atoms with Crippen LogP contribution in [0, 0.1) is 0 Å². The quantitative estimate of drug-likeness (QED) is 0.497. The van der Waals surface area contributed by atoms with Crippen molar-refractivity contribution in [3.63, 3.8) is 0 Å². The van der Waals surface area contributed by atoms with Crippen molar-refractivity contribution in [1.29, 1.82) is 0 Å². The molecule has 0 saturated heterocycles. The van der Waals surface area contributed by atoms with E-state index in [1.54, 1.807) is 11.8 Å². The van der Waals surface area contributed by atoms with Gasteiger partial charge in [-0.3, -0.25) is 0 Å². The molecule has 0 aliphatic heterocycles. The second-order valence-electron chi connectivity index (χ2n) is 3.64. The monoisotopic (exact) mass is 288 g/mol. The van der Waals surface area contributed by atoms with E-state index in [0.717, 1.165) is 27.4 Å². The van der Waals surface area contributed by atoms with Gasteiger partial charge in [-0.1, -0.05) is 29.8 Å². The minimum atomic E-state index is 0.549. The summed E-state index contributed by atoms with van der Waals surface area (Å²) in [6.45, 7) is 5.31. The first kappa shape index (κ1) is 12.9. The van der Waals surface area contributed by atoms with Gasteiger partial charge in [-0.15, -0.1) is 11.8 Å². The molecule has 0 atom stereocenters. The van der Waals surface area contributed by atoms with Gasteiger partial charge in [-0.25, -0.2) is 0 Å². The number of hydrogen-bond donors (Lipinski definition) is 2. The van der Waals surface area contributed by atoms with Crippen LogP contribution in [0.2, 0.25) is 0 Å². The van der Waals surface area contributed by atoms with Crippen LogP contribution in [0.3, 0.4) is 0 Å². The van der Waals surface area contributed by atoms with Gasteiger partial charge in [0.1, 0.15) is 0 Å². The average Bonchev–Trinajstić information content (AvgIpc) is 2.14. The molecular formula is C11H17BrN2S. The van der Waals surface area contributed by atoms with E-state index in [2.05, 4.69) is 41.2 Å². The number of hydrogen-bond acceptors (Lipinski definition) is 3. The van der Waals surface area contributed by atoms with Gasteiger partial charge in [0.05, 0.1) is 0 Å². The van der Waals surface area contributed by atoms with Gasteiger partial charge in [0.2, 0.25) is 0 Å². The summed E-state index contributed by atoms with van der Waals surface area (Å²) in [6.07, 6.45) is 0. The predicted molar refractivity (Wildman–Crippen MR) is 72.4 cm³/mol. The van der Waals surface area contributed by atoms with Crippen molar-refractivity contribution >= 4 is 33.4 Å². The number of rotatable bonds is 5. The van der Waals surface area contributed by atoms with Gasteiger partial charge in [-0.05, 0) is 18.2 Å². The molecule has 0 amide bonds. The highest BCUT2D eigenvalue weighted by atomic mass is 79.9. The van der Waals surface area contributed by atoms with Gasteiger partial charge in [-0.2, -0.15) is 0 Å². The topological polar surface area (TPSA) is 38.0 Å². The molecule has 15 heavy (non-hydrogen) atoms. The summed E-state index contributed by atoms with van der Waals surface area (Å²) in [5.74, 6) is 1.05. The summed E-state index contributed by atoms with van der Waals surface area (Å²) < 4.78 is 1.03. The Hall–Kier alpha value is -0.190. The lowest BCUT2D eigenvalue weighted by molar-refractivity contribution is 0.616. The third kappa shape index (κ3) is 4.91. The van der Waals surface area contributed by atoms with E-state index in [4.69, 9.17) is 5.73 Å². The van der Waals surface area contributed by atoms with Crippen LogP contribution in [0.25, 0.3) is 0 Å². The first-order valence-corrected chi connectivity index (χ1v) is 6.78. The highest BCUT2D eigenvalue weighted by Crippen LogP contribution is 2.27. The largest absolute Gasteiger partial charge is 0.398 e. The van der Waals surface area contributed by atoms with Gasteiger partial charge in [0.15, 0.2) is 0 Å². The van der Waals surface area contributed by atoms with Crippen molar-refractivity contribution in [3.05, 3.63) is 22.7 Å². The maximum atomic E-state index is 5.89. The fourth-order valence-corrected chi connectivity index (χ4v) is 2.37. The average molecular weight is 289 g/mol. The van der Waals surface area contributed by atoms with Crippen molar-refractivity contribution in [2.45, 2.75) is 24.8 Å². The number of halogens is 1. The lowest BCUT2D eigenvalue weighted by Gasteiger charge is -2.08. The molecular weight excluding hydrogens is 272 g/mol. The van der Waals surface area contributed by atoms with Crippen LogP contribution in [0.1, 0.15) is 13.8 Å². The van der Waals surface area contributed by atoms with E-state index in [1.165, 1.54) is 0 Å². The van der Waals surface area contributed by atoms with Gasteiger partial charge < -0.3 is 11.1 Å². The minimum absolute atomic E-state index is 0.549. The maximum absolute atomic E-state index is 5.89. The van der Waals surface area contributed by atoms with E-state index < -0.39 is 0 Å². The zero-order valence-electron chi connectivity index (χ0n) is 9.09. The third-order valence-corrected chi connectivity index (χ3v) is 3.47. The van der Waals surface area contributed by atoms with E-state index in [1.807, 2.05) is 12.1 Å². The summed E-state index contributed by atoms with van der Waals surface area (Å²) in [7, 11) is 0. The molecule has 0 spiro atoms. The Bertz CT molecular complexity index is 315. The zero-order valence-corrected chi connectivity index (χ0v) is 11.5. The summed E-state index contributed by atoms with van der Waals surface area (Å²) in [6, 6.07) is 6.57. The molecule has 0 heterocycles. The highest BCUT2D eigenvalue weighted by Gasteiger charge is 2.00. The van der Waals surface area contributed by atoms with E-state index in [-0.39, 0.29) is 0 Å². The number of nitrogen functional groups attached to an aromatic ring is 1. The molecule has 0 saturated carbocycles. The Morgan fingerprint density at radius 1 is 1.47 bits per heavy atom. The normalized spacial score (nSPS) is 10.9. The second-order valence-corrected chi connectivity index (χ2v) is 5.69. The highest BCUT2D eigenvalue weighted by molar-refractivity contribution is 9.10. The van der Waals surface area contributed by atoms with Crippen LogP contribution in [-0.4, -0.2) is 18.3 Å². The summed E-state index contributed by atoms with van der Waals surface area (Å²) >= 11 is 5.18. The molecule has 2 nitrogen and oxygen atoms in total. The molecule has 1 aromatic rings. The molecule has 0 aliphatic carbocycles. The molecule has 0 aromatic heterocycles. The van der Waals surface area contributed by atoms with E-state index >= 15 is 0 Å². The van der Waals surface area contributed by atoms with Crippen LogP contribution in [-0.2, 0) is 0 Å². The zero-order chi connectivity index (χ0) is 11.3. The van der Waals surface area contributed by atoms with Gasteiger partial charge in [0, 0.05) is 33.4 Å². The molecule has 0 radical (unpaired) electrons. The fraction of sp³-hybridized carbons (Fsp3) is 0.455. The summed E-state index contributed by atoms with van der Waals surface area (Å²) in [4.78, 5) is 1.16. The number of benzene rings is 1. The van der Waals surface area contributed by atoms with E-state index in [0.29, 0.717) is 6.04 Å². The SMILES string of the molecule is CC(C)NCCSc1ccc(Br)cc1N. The molecule has 3 N–H and O–H groups in total. The molecule has 84 valence electrons. The maximum Gasteiger partial charge on any atom is 0.0463 e. The number of anilines is 1. The Labute approximate surface area is 104 Å². The number of thioether (sulfide) groups is 1. The second kappa shape index (κ2) is 6.40. The van der Waals surface area contributed by atoms with Crippen LogP contribution >= 0.6 is 27.7 Å². The van der Waals surface area contributed by atoms with Gasteiger partial charge >= 0.3 is 0 Å². The molecule has 1 rings (SSSR count). The number of nitrogens with one attached hydrogen (secondary N) is 1. The molecule has 4 heteroatoms. The lowest BCUT2D eigenvalue weighted by Crippen LogP contribution is -2.24. The van der Waals surface area contributed by atoms with Crippen LogP contribution < -0.4 is 11.1 Å². The molecule has 0 fully saturated rings. The first-order chi connectivity index (χ1) is 7.09. The molecule has 0 unspecified atom stereocenters. The fourth-order valence-electron chi connectivity index (χ4n) is 1.16. The lowest BCUT2D eigenvalue weighted by atomic mass is 10.3. The Morgan fingerprint density at radius 2 is 2.20 bits per heavy atom. The van der Waals surface area contributed by atoms with Crippen LogP contribution in [0.4, 0.5) is 5.69 Å².